The lowest BCUT2D eigenvalue weighted by Crippen LogP contribution is -2.42. The second kappa shape index (κ2) is 8.61. The maximum absolute atomic E-state index is 12.4. The third-order valence-electron chi connectivity index (χ3n) is 6.09. The molecule has 2 aliphatic rings. The van der Waals surface area contributed by atoms with E-state index in [1.54, 1.807) is 0 Å². The van der Waals surface area contributed by atoms with Crippen LogP contribution in [0.3, 0.4) is 0 Å². The van der Waals surface area contributed by atoms with Crippen molar-refractivity contribution in [3.05, 3.63) is 36.0 Å². The number of hydrogen-bond donors (Lipinski definition) is 0. The van der Waals surface area contributed by atoms with Gasteiger partial charge in [-0.1, -0.05) is 49.8 Å². The standard InChI is InChI=1S/C24H40O2Si/c1-19(13-9-8-10-17-23(2,3)26-27(5,6)7)20-14-11-15-21-22(25)16-12-18-24(20,21)4/h8-10,14,17,19,21H,11-13,15-16,18H2,1-7H3/b9-8+,17-10+/t19-,21?,24?/m1/s1. The third kappa shape index (κ3) is 6.02. The number of fused-ring (bicyclic) bond motifs is 1. The van der Waals surface area contributed by atoms with E-state index in [1.165, 1.54) is 12.0 Å². The van der Waals surface area contributed by atoms with E-state index in [4.69, 9.17) is 4.43 Å². The molecule has 1 saturated carbocycles. The molecule has 152 valence electrons. The monoisotopic (exact) mass is 388 g/mol. The number of Topliss-reactive ketones (excluding diaryl/α,β-unsaturated/α-hetero) is 1. The molecule has 0 heterocycles. The molecule has 0 bridgehead atoms. The molecule has 1 fully saturated rings. The first-order valence-corrected chi connectivity index (χ1v) is 14.1. The van der Waals surface area contributed by atoms with E-state index in [0.29, 0.717) is 11.7 Å². The number of hydrogen-bond acceptors (Lipinski definition) is 2. The molecule has 2 nitrogen and oxygen atoms in total. The van der Waals surface area contributed by atoms with Gasteiger partial charge >= 0.3 is 0 Å². The molecule has 2 rings (SSSR count). The summed E-state index contributed by atoms with van der Waals surface area (Å²) < 4.78 is 6.21. The van der Waals surface area contributed by atoms with E-state index >= 15 is 0 Å². The van der Waals surface area contributed by atoms with Gasteiger partial charge < -0.3 is 4.43 Å². The first-order chi connectivity index (χ1) is 12.4. The van der Waals surface area contributed by atoms with E-state index in [0.717, 1.165) is 32.1 Å². The van der Waals surface area contributed by atoms with Gasteiger partial charge in [-0.25, -0.2) is 0 Å². The molecule has 0 N–H and O–H groups in total. The van der Waals surface area contributed by atoms with Crippen LogP contribution < -0.4 is 0 Å². The second-order valence-corrected chi connectivity index (χ2v) is 14.7. The summed E-state index contributed by atoms with van der Waals surface area (Å²) in [5, 5.41) is 0. The minimum absolute atomic E-state index is 0.101. The van der Waals surface area contributed by atoms with Gasteiger partial charge in [-0.05, 0) is 76.9 Å². The predicted octanol–water partition coefficient (Wildman–Crippen LogP) is 6.85. The van der Waals surface area contributed by atoms with Gasteiger partial charge in [0.05, 0.1) is 5.60 Å². The van der Waals surface area contributed by atoms with Crippen LogP contribution in [-0.4, -0.2) is 19.7 Å². The number of allylic oxidation sites excluding steroid dienone is 5. The van der Waals surface area contributed by atoms with Crippen LogP contribution in [0.15, 0.2) is 36.0 Å². The summed E-state index contributed by atoms with van der Waals surface area (Å²) >= 11 is 0. The largest absolute Gasteiger partial charge is 0.409 e. The van der Waals surface area contributed by atoms with Crippen LogP contribution in [0.2, 0.25) is 19.6 Å². The minimum Gasteiger partial charge on any atom is -0.409 e. The van der Waals surface area contributed by atoms with Gasteiger partial charge in [0, 0.05) is 12.3 Å². The lowest BCUT2D eigenvalue weighted by molar-refractivity contribution is -0.129. The Bertz CT molecular complexity index is 621. The molecule has 0 amide bonds. The van der Waals surface area contributed by atoms with Crippen molar-refractivity contribution in [2.45, 2.75) is 91.5 Å². The lowest BCUT2D eigenvalue weighted by atomic mass is 9.57. The molecule has 0 aromatic carbocycles. The molecule has 0 saturated heterocycles. The molecule has 0 aromatic rings. The molecule has 3 atom stereocenters. The zero-order valence-corrected chi connectivity index (χ0v) is 19.6. The van der Waals surface area contributed by atoms with Crippen molar-refractivity contribution in [2.75, 3.05) is 0 Å². The van der Waals surface area contributed by atoms with Gasteiger partial charge in [0.1, 0.15) is 5.78 Å². The van der Waals surface area contributed by atoms with Gasteiger partial charge in [0.2, 0.25) is 0 Å². The van der Waals surface area contributed by atoms with Crippen LogP contribution in [0, 0.1) is 17.3 Å². The number of rotatable bonds is 7. The average molecular weight is 389 g/mol. The normalized spacial score (nSPS) is 28.5. The Labute approximate surface area is 168 Å². The fourth-order valence-electron chi connectivity index (χ4n) is 5.16. The molecule has 0 radical (unpaired) electrons. The predicted molar refractivity (Wildman–Crippen MR) is 118 cm³/mol. The first-order valence-electron chi connectivity index (χ1n) is 10.7. The van der Waals surface area contributed by atoms with E-state index in [9.17, 15) is 4.79 Å². The quantitative estimate of drug-likeness (QED) is 0.271. The molecule has 0 aromatic heterocycles. The van der Waals surface area contributed by atoms with E-state index < -0.39 is 8.32 Å². The topological polar surface area (TPSA) is 26.3 Å². The number of carbonyl (C=O) groups is 1. The Morgan fingerprint density at radius 1 is 1.33 bits per heavy atom. The summed E-state index contributed by atoms with van der Waals surface area (Å²) in [6.07, 6.45) is 17.3. The number of ketones is 1. The molecule has 2 unspecified atom stereocenters. The summed E-state index contributed by atoms with van der Waals surface area (Å²) in [5.74, 6) is 1.27. The smallest absolute Gasteiger partial charge is 0.184 e. The van der Waals surface area contributed by atoms with Crippen molar-refractivity contribution in [3.8, 4) is 0 Å². The van der Waals surface area contributed by atoms with Crippen molar-refractivity contribution < 1.29 is 9.22 Å². The maximum Gasteiger partial charge on any atom is 0.184 e. The highest BCUT2D eigenvalue weighted by atomic mass is 28.4. The zero-order chi connectivity index (χ0) is 20.3. The molecular weight excluding hydrogens is 348 g/mol. The Morgan fingerprint density at radius 2 is 2.04 bits per heavy atom. The Morgan fingerprint density at radius 3 is 2.70 bits per heavy atom. The Hall–Kier alpha value is -0.933. The van der Waals surface area contributed by atoms with Gasteiger partial charge in [0.25, 0.3) is 0 Å². The van der Waals surface area contributed by atoms with E-state index in [2.05, 4.69) is 77.7 Å². The highest BCUT2D eigenvalue weighted by Crippen LogP contribution is 2.52. The Balaban J connectivity index is 1.96. The van der Waals surface area contributed by atoms with Crippen LogP contribution in [0.25, 0.3) is 0 Å². The highest BCUT2D eigenvalue weighted by molar-refractivity contribution is 6.69. The molecule has 2 aliphatic carbocycles. The average Bonchev–Trinajstić information content (AvgIpc) is 2.51. The van der Waals surface area contributed by atoms with Crippen molar-refractivity contribution in [2.24, 2.45) is 17.3 Å². The zero-order valence-electron chi connectivity index (χ0n) is 18.6. The summed E-state index contributed by atoms with van der Waals surface area (Å²) in [6.45, 7) is 15.6. The summed E-state index contributed by atoms with van der Waals surface area (Å²) in [7, 11) is -1.54. The number of carbonyl (C=O) groups excluding carboxylic acids is 1. The van der Waals surface area contributed by atoms with Gasteiger partial charge in [-0.2, -0.15) is 0 Å². The lowest BCUT2D eigenvalue weighted by Gasteiger charge is -2.47. The van der Waals surface area contributed by atoms with E-state index in [-0.39, 0.29) is 16.9 Å². The van der Waals surface area contributed by atoms with Gasteiger partial charge in [-0.15, -0.1) is 0 Å². The highest BCUT2D eigenvalue weighted by Gasteiger charge is 2.46. The molecule has 0 spiro atoms. The fraction of sp³-hybridized carbons (Fsp3) is 0.708. The van der Waals surface area contributed by atoms with Crippen molar-refractivity contribution in [3.63, 3.8) is 0 Å². The van der Waals surface area contributed by atoms with E-state index in [1.807, 2.05) is 0 Å². The fourth-order valence-corrected chi connectivity index (χ4v) is 6.81. The summed E-state index contributed by atoms with van der Waals surface area (Å²) in [6, 6.07) is 0. The Kier molecular flexibility index (Phi) is 7.13. The third-order valence-corrected chi connectivity index (χ3v) is 7.23. The first kappa shape index (κ1) is 22.4. The minimum atomic E-state index is -1.54. The summed E-state index contributed by atoms with van der Waals surface area (Å²) in [5.41, 5.74) is 1.42. The van der Waals surface area contributed by atoms with Crippen LogP contribution in [0.5, 0.6) is 0 Å². The molecule has 27 heavy (non-hydrogen) atoms. The van der Waals surface area contributed by atoms with Crippen molar-refractivity contribution >= 4 is 14.1 Å². The van der Waals surface area contributed by atoms with Crippen LogP contribution >= 0.6 is 0 Å². The van der Waals surface area contributed by atoms with Crippen molar-refractivity contribution in [1.82, 2.24) is 0 Å². The van der Waals surface area contributed by atoms with Crippen LogP contribution in [0.1, 0.15) is 66.2 Å². The van der Waals surface area contributed by atoms with Crippen molar-refractivity contribution in [1.29, 1.82) is 0 Å². The molecule has 3 heteroatoms. The summed E-state index contributed by atoms with van der Waals surface area (Å²) in [4.78, 5) is 12.4. The molecular formula is C24H40O2Si. The second-order valence-electron chi connectivity index (χ2n) is 10.3. The van der Waals surface area contributed by atoms with Crippen LogP contribution in [-0.2, 0) is 9.22 Å². The SMILES string of the molecule is C[C@H](C/C=C/C=C/C(C)(C)O[Si](C)(C)C)C1=CCCC2C(=O)CCCC12C. The van der Waals surface area contributed by atoms with Gasteiger partial charge in [-0.3, -0.25) is 4.79 Å². The van der Waals surface area contributed by atoms with Gasteiger partial charge in [0.15, 0.2) is 8.32 Å². The maximum atomic E-state index is 12.4. The molecule has 0 aliphatic heterocycles. The van der Waals surface area contributed by atoms with Crippen LogP contribution in [0.4, 0.5) is 0 Å².